The molecule has 4 aromatic rings. The molecular weight excluding hydrogens is 474 g/mol. The molecule has 188 valence electrons. The van der Waals surface area contributed by atoms with Crippen LogP contribution in [-0.2, 0) is 28.1 Å². The van der Waals surface area contributed by atoms with Gasteiger partial charge in [0.2, 0.25) is 11.8 Å². The van der Waals surface area contributed by atoms with Crippen LogP contribution < -0.4 is 10.1 Å². The monoisotopic (exact) mass is 499 g/mol. The number of amides is 3. The second-order valence-corrected chi connectivity index (χ2v) is 9.50. The average Bonchev–Trinajstić information content (AvgIpc) is 3.65. The molecule has 10 heteroatoms. The summed E-state index contributed by atoms with van der Waals surface area (Å²) >= 11 is 0. The van der Waals surface area contributed by atoms with Crippen molar-refractivity contribution < 1.29 is 23.5 Å². The molecule has 2 aliphatic heterocycles. The van der Waals surface area contributed by atoms with Crippen molar-refractivity contribution in [2.75, 3.05) is 13.7 Å². The first-order valence-corrected chi connectivity index (χ1v) is 12.1. The lowest BCUT2D eigenvalue weighted by molar-refractivity contribution is -0.127. The summed E-state index contributed by atoms with van der Waals surface area (Å²) in [7, 11) is 1.54. The van der Waals surface area contributed by atoms with E-state index >= 15 is 0 Å². The maximum absolute atomic E-state index is 13.2. The van der Waals surface area contributed by atoms with E-state index in [-0.39, 0.29) is 18.9 Å². The molecule has 0 spiro atoms. The number of furan rings is 1. The van der Waals surface area contributed by atoms with E-state index in [0.717, 1.165) is 29.8 Å². The topological polar surface area (TPSA) is 120 Å². The van der Waals surface area contributed by atoms with Gasteiger partial charge in [0.25, 0.3) is 5.91 Å². The maximum Gasteiger partial charge on any atom is 0.254 e. The summed E-state index contributed by atoms with van der Waals surface area (Å²) < 4.78 is 13.2. The van der Waals surface area contributed by atoms with Crippen molar-refractivity contribution in [3.8, 4) is 17.0 Å². The van der Waals surface area contributed by atoms with Gasteiger partial charge in [-0.3, -0.25) is 24.4 Å². The lowest BCUT2D eigenvalue weighted by atomic mass is 9.82. The van der Waals surface area contributed by atoms with Crippen molar-refractivity contribution in [1.29, 1.82) is 0 Å². The number of benzene rings is 1. The second kappa shape index (κ2) is 8.58. The lowest BCUT2D eigenvalue weighted by Gasteiger charge is -2.28. The molecule has 3 amide bonds. The SMILES string of the molecule is CCCn1cc(-c2ccc3oc([C@]4(CN5Cc6ccc(OC)cc6C5=O)CC(=O)NC4=O)cc3n2)cn1. The fraction of sp³-hybridized carbons (Fsp3) is 0.296. The van der Waals surface area contributed by atoms with Crippen LogP contribution in [-0.4, -0.2) is 51.0 Å². The normalized spacial score (nSPS) is 19.1. The summed E-state index contributed by atoms with van der Waals surface area (Å²) in [6, 6.07) is 10.7. The number of pyridine rings is 1. The Balaban J connectivity index is 1.35. The van der Waals surface area contributed by atoms with Crippen LogP contribution >= 0.6 is 0 Å². The lowest BCUT2D eigenvalue weighted by Crippen LogP contribution is -2.46. The Morgan fingerprint density at radius 1 is 1.16 bits per heavy atom. The van der Waals surface area contributed by atoms with E-state index in [1.807, 2.05) is 23.0 Å². The van der Waals surface area contributed by atoms with Gasteiger partial charge in [0.1, 0.15) is 22.4 Å². The molecule has 10 nitrogen and oxygen atoms in total. The van der Waals surface area contributed by atoms with E-state index in [2.05, 4.69) is 17.3 Å². The maximum atomic E-state index is 13.2. The zero-order chi connectivity index (χ0) is 25.7. The van der Waals surface area contributed by atoms with E-state index in [0.29, 0.717) is 34.7 Å². The third kappa shape index (κ3) is 3.76. The number of aryl methyl sites for hydroxylation is 1. The molecule has 0 unspecified atom stereocenters. The summed E-state index contributed by atoms with van der Waals surface area (Å²) in [6.45, 7) is 3.22. The van der Waals surface area contributed by atoms with Crippen molar-refractivity contribution in [1.82, 2.24) is 25.0 Å². The molecule has 0 radical (unpaired) electrons. The van der Waals surface area contributed by atoms with Gasteiger partial charge in [-0.2, -0.15) is 5.10 Å². The van der Waals surface area contributed by atoms with Crippen LogP contribution in [0.2, 0.25) is 0 Å². The Kier molecular flexibility index (Phi) is 5.32. The Bertz CT molecular complexity index is 1570. The van der Waals surface area contributed by atoms with Gasteiger partial charge in [-0.1, -0.05) is 13.0 Å². The minimum absolute atomic E-state index is 0.00311. The van der Waals surface area contributed by atoms with Crippen LogP contribution in [0.25, 0.3) is 22.4 Å². The molecule has 1 atom stereocenters. The fourth-order valence-electron chi connectivity index (χ4n) is 5.14. The molecule has 1 saturated heterocycles. The van der Waals surface area contributed by atoms with Crippen molar-refractivity contribution in [3.05, 3.63) is 65.7 Å². The highest BCUT2D eigenvalue weighted by molar-refractivity contribution is 6.10. The molecule has 0 saturated carbocycles. The zero-order valence-electron chi connectivity index (χ0n) is 20.5. The summed E-state index contributed by atoms with van der Waals surface area (Å²) in [5.41, 5.74) is 2.66. The molecule has 1 aromatic carbocycles. The van der Waals surface area contributed by atoms with Gasteiger partial charge in [-0.25, -0.2) is 4.98 Å². The third-order valence-electron chi connectivity index (χ3n) is 7.03. The molecule has 37 heavy (non-hydrogen) atoms. The average molecular weight is 500 g/mol. The Hall–Kier alpha value is -4.47. The smallest absolute Gasteiger partial charge is 0.254 e. The first kappa shape index (κ1) is 23.0. The minimum Gasteiger partial charge on any atom is -0.497 e. The number of imide groups is 1. The fourth-order valence-corrected chi connectivity index (χ4v) is 5.14. The van der Waals surface area contributed by atoms with Gasteiger partial charge in [-0.05, 0) is 36.2 Å². The van der Waals surface area contributed by atoms with E-state index < -0.39 is 17.2 Å². The number of methoxy groups -OCH3 is 1. The molecule has 0 bridgehead atoms. The summed E-state index contributed by atoms with van der Waals surface area (Å²) in [4.78, 5) is 45.2. The zero-order valence-corrected chi connectivity index (χ0v) is 20.5. The van der Waals surface area contributed by atoms with Crippen LogP contribution in [0.5, 0.6) is 5.75 Å². The Morgan fingerprint density at radius 3 is 2.78 bits per heavy atom. The van der Waals surface area contributed by atoms with Gasteiger partial charge in [-0.15, -0.1) is 0 Å². The quantitative estimate of drug-likeness (QED) is 0.388. The van der Waals surface area contributed by atoms with Gasteiger partial charge in [0.15, 0.2) is 5.58 Å². The number of nitrogens with one attached hydrogen (secondary N) is 1. The number of rotatable bonds is 7. The van der Waals surface area contributed by atoms with Crippen molar-refractivity contribution in [3.63, 3.8) is 0 Å². The predicted molar refractivity (Wildman–Crippen MR) is 133 cm³/mol. The van der Waals surface area contributed by atoms with Crippen LogP contribution in [0.3, 0.4) is 0 Å². The number of ether oxygens (including phenoxy) is 1. The second-order valence-electron chi connectivity index (χ2n) is 9.50. The standard InChI is InChI=1S/C27H25N5O5/c1-3-8-32-14-17(12-28-32)20-6-7-22-21(29-20)10-23(37-22)27(11-24(33)30-26(27)35)15-31-13-16-4-5-18(36-2)9-19(16)25(31)34/h4-7,9-10,12,14H,3,8,11,13,15H2,1-2H3,(H,30,33,35)/t27-/m1/s1. The van der Waals surface area contributed by atoms with E-state index in [1.165, 1.54) is 0 Å². The molecule has 6 rings (SSSR count). The molecule has 1 N–H and O–H groups in total. The summed E-state index contributed by atoms with van der Waals surface area (Å²) in [5.74, 6) is -0.233. The van der Waals surface area contributed by atoms with Crippen molar-refractivity contribution in [2.24, 2.45) is 0 Å². The molecule has 3 aromatic heterocycles. The van der Waals surface area contributed by atoms with Crippen LogP contribution in [0.4, 0.5) is 0 Å². The van der Waals surface area contributed by atoms with E-state index in [9.17, 15) is 14.4 Å². The van der Waals surface area contributed by atoms with E-state index in [1.54, 1.807) is 42.5 Å². The number of nitrogens with zero attached hydrogens (tertiary/aromatic N) is 4. The number of carbonyl (C=O) groups is 3. The summed E-state index contributed by atoms with van der Waals surface area (Å²) in [5, 5.41) is 6.77. The van der Waals surface area contributed by atoms with Crippen molar-refractivity contribution in [2.45, 2.75) is 38.3 Å². The Labute approximate surface area is 212 Å². The molecular formula is C27H25N5O5. The highest BCUT2D eigenvalue weighted by Gasteiger charge is 2.53. The van der Waals surface area contributed by atoms with Crippen molar-refractivity contribution >= 4 is 28.8 Å². The third-order valence-corrected chi connectivity index (χ3v) is 7.03. The number of fused-ring (bicyclic) bond motifs is 2. The van der Waals surface area contributed by atoms with E-state index in [4.69, 9.17) is 14.1 Å². The number of carbonyl (C=O) groups excluding carboxylic acids is 3. The van der Waals surface area contributed by atoms with Crippen LogP contribution in [0.1, 0.15) is 41.4 Å². The number of hydrogen-bond donors (Lipinski definition) is 1. The Morgan fingerprint density at radius 2 is 2.03 bits per heavy atom. The first-order chi connectivity index (χ1) is 17.9. The number of hydrogen-bond acceptors (Lipinski definition) is 7. The molecule has 5 heterocycles. The van der Waals surface area contributed by atoms with Crippen LogP contribution in [0, 0.1) is 0 Å². The molecule has 1 fully saturated rings. The predicted octanol–water partition coefficient (Wildman–Crippen LogP) is 3.05. The largest absolute Gasteiger partial charge is 0.497 e. The highest BCUT2D eigenvalue weighted by Crippen LogP contribution is 2.39. The molecule has 2 aliphatic rings. The van der Waals surface area contributed by atoms with Gasteiger partial charge < -0.3 is 14.1 Å². The summed E-state index contributed by atoms with van der Waals surface area (Å²) in [6.07, 6.45) is 4.56. The van der Waals surface area contributed by atoms with Gasteiger partial charge in [0, 0.05) is 43.0 Å². The number of aromatic nitrogens is 3. The minimum atomic E-state index is -1.36. The van der Waals surface area contributed by atoms with Gasteiger partial charge in [0.05, 0.1) is 25.4 Å². The van der Waals surface area contributed by atoms with Crippen LogP contribution in [0.15, 0.2) is 53.2 Å². The van der Waals surface area contributed by atoms with Gasteiger partial charge >= 0.3 is 0 Å². The molecule has 0 aliphatic carbocycles. The first-order valence-electron chi connectivity index (χ1n) is 12.1. The highest BCUT2D eigenvalue weighted by atomic mass is 16.5.